The molecule has 1 N–H and O–H groups in total. The van der Waals surface area contributed by atoms with Crippen molar-refractivity contribution >= 4 is 22.9 Å². The SMILES string of the molecule is O=C(Nc1ccc(C(F)(F)F)cc1)c1cncs1. The minimum Gasteiger partial charge on any atom is -0.321 e. The molecule has 7 heteroatoms. The molecule has 94 valence electrons. The Morgan fingerprint density at radius 1 is 1.22 bits per heavy atom. The summed E-state index contributed by atoms with van der Waals surface area (Å²) in [6.07, 6.45) is -2.98. The van der Waals surface area contributed by atoms with E-state index < -0.39 is 17.6 Å². The molecular formula is C11H7F3N2OS. The van der Waals surface area contributed by atoms with Crippen LogP contribution in [-0.4, -0.2) is 10.9 Å². The van der Waals surface area contributed by atoms with Crippen molar-refractivity contribution in [2.75, 3.05) is 5.32 Å². The fourth-order valence-electron chi connectivity index (χ4n) is 1.26. The Hall–Kier alpha value is -1.89. The zero-order valence-corrected chi connectivity index (χ0v) is 9.68. The highest BCUT2D eigenvalue weighted by Gasteiger charge is 2.29. The Morgan fingerprint density at radius 2 is 1.89 bits per heavy atom. The fraction of sp³-hybridized carbons (Fsp3) is 0.0909. The molecule has 0 fully saturated rings. The van der Waals surface area contributed by atoms with Crippen LogP contribution in [0, 0.1) is 0 Å². The van der Waals surface area contributed by atoms with E-state index in [0.717, 1.165) is 23.5 Å². The first-order valence-electron chi connectivity index (χ1n) is 4.84. The summed E-state index contributed by atoms with van der Waals surface area (Å²) in [6, 6.07) is 4.26. The second-order valence-corrected chi connectivity index (χ2v) is 4.28. The standard InChI is InChI=1S/C11H7F3N2OS/c12-11(13,14)7-1-3-8(4-2-7)16-10(17)9-5-15-6-18-9/h1-6H,(H,16,17). The average molecular weight is 272 g/mol. The van der Waals surface area contributed by atoms with E-state index >= 15 is 0 Å². The van der Waals surface area contributed by atoms with Gasteiger partial charge in [0, 0.05) is 5.69 Å². The number of nitrogens with one attached hydrogen (secondary N) is 1. The molecule has 1 aromatic carbocycles. The van der Waals surface area contributed by atoms with Crippen LogP contribution in [0.1, 0.15) is 15.2 Å². The fourth-order valence-corrected chi connectivity index (χ4v) is 1.78. The lowest BCUT2D eigenvalue weighted by molar-refractivity contribution is -0.137. The Balaban J connectivity index is 2.09. The number of thiazole rings is 1. The predicted octanol–water partition coefficient (Wildman–Crippen LogP) is 3.41. The van der Waals surface area contributed by atoms with Crippen molar-refractivity contribution < 1.29 is 18.0 Å². The van der Waals surface area contributed by atoms with E-state index in [2.05, 4.69) is 10.3 Å². The van der Waals surface area contributed by atoms with E-state index in [0.29, 0.717) is 10.6 Å². The topological polar surface area (TPSA) is 42.0 Å². The maximum Gasteiger partial charge on any atom is 0.416 e. The molecule has 1 aromatic heterocycles. The van der Waals surface area contributed by atoms with Crippen molar-refractivity contribution in [3.63, 3.8) is 0 Å². The van der Waals surface area contributed by atoms with Crippen LogP contribution in [0.25, 0.3) is 0 Å². The van der Waals surface area contributed by atoms with Crippen LogP contribution in [0.15, 0.2) is 36.0 Å². The lowest BCUT2D eigenvalue weighted by Gasteiger charge is -2.08. The van der Waals surface area contributed by atoms with Gasteiger partial charge < -0.3 is 5.32 Å². The quantitative estimate of drug-likeness (QED) is 0.910. The van der Waals surface area contributed by atoms with E-state index in [1.54, 1.807) is 0 Å². The number of hydrogen-bond acceptors (Lipinski definition) is 3. The molecule has 0 radical (unpaired) electrons. The first-order chi connectivity index (χ1) is 8.47. The third kappa shape index (κ3) is 2.86. The summed E-state index contributed by atoms with van der Waals surface area (Å²) in [5.41, 5.74) is 1.06. The molecule has 1 amide bonds. The summed E-state index contributed by atoms with van der Waals surface area (Å²) in [4.78, 5) is 15.7. The molecule has 18 heavy (non-hydrogen) atoms. The highest BCUT2D eigenvalue weighted by atomic mass is 32.1. The second-order valence-electron chi connectivity index (χ2n) is 3.39. The Kier molecular flexibility index (Phi) is 3.33. The van der Waals surface area contributed by atoms with E-state index in [4.69, 9.17) is 0 Å². The van der Waals surface area contributed by atoms with Gasteiger partial charge in [-0.15, -0.1) is 11.3 Å². The van der Waals surface area contributed by atoms with Gasteiger partial charge in [0.2, 0.25) is 0 Å². The van der Waals surface area contributed by atoms with Gasteiger partial charge in [0.25, 0.3) is 5.91 Å². The maximum atomic E-state index is 12.3. The molecule has 3 nitrogen and oxygen atoms in total. The number of hydrogen-bond donors (Lipinski definition) is 1. The first kappa shape index (κ1) is 12.6. The van der Waals surface area contributed by atoms with Crippen LogP contribution in [0.3, 0.4) is 0 Å². The van der Waals surface area contributed by atoms with Gasteiger partial charge in [-0.05, 0) is 24.3 Å². The third-order valence-electron chi connectivity index (χ3n) is 2.13. The van der Waals surface area contributed by atoms with E-state index in [9.17, 15) is 18.0 Å². The summed E-state index contributed by atoms with van der Waals surface area (Å²) >= 11 is 1.15. The van der Waals surface area contributed by atoms with Crippen LogP contribution in [0.2, 0.25) is 0 Å². The molecule has 2 aromatic rings. The van der Waals surface area contributed by atoms with Gasteiger partial charge in [-0.1, -0.05) is 0 Å². The average Bonchev–Trinajstić information content (AvgIpc) is 2.82. The molecule has 0 bridgehead atoms. The lowest BCUT2D eigenvalue weighted by Crippen LogP contribution is -2.11. The van der Waals surface area contributed by atoms with E-state index in [1.807, 2.05) is 0 Å². The minimum absolute atomic E-state index is 0.307. The molecule has 0 unspecified atom stereocenters. The van der Waals surface area contributed by atoms with Gasteiger partial charge in [0.1, 0.15) is 4.88 Å². The van der Waals surface area contributed by atoms with Crippen molar-refractivity contribution in [2.24, 2.45) is 0 Å². The van der Waals surface area contributed by atoms with Crippen molar-refractivity contribution in [2.45, 2.75) is 6.18 Å². The molecule has 0 aliphatic carbocycles. The zero-order chi connectivity index (χ0) is 13.2. The molecule has 0 spiro atoms. The summed E-state index contributed by atoms with van der Waals surface area (Å²) < 4.78 is 36.9. The Bertz CT molecular complexity index is 534. The summed E-state index contributed by atoms with van der Waals surface area (Å²) in [5.74, 6) is -0.391. The number of amides is 1. The monoisotopic (exact) mass is 272 g/mol. The zero-order valence-electron chi connectivity index (χ0n) is 8.86. The minimum atomic E-state index is -4.37. The van der Waals surface area contributed by atoms with Gasteiger partial charge in [-0.3, -0.25) is 9.78 Å². The summed E-state index contributed by atoms with van der Waals surface area (Å²) in [6.45, 7) is 0. The summed E-state index contributed by atoms with van der Waals surface area (Å²) in [7, 11) is 0. The normalized spacial score (nSPS) is 11.3. The summed E-state index contributed by atoms with van der Waals surface area (Å²) in [5, 5.41) is 2.49. The van der Waals surface area contributed by atoms with Gasteiger partial charge in [-0.25, -0.2) is 0 Å². The molecule has 2 rings (SSSR count). The van der Waals surface area contributed by atoms with Crippen molar-refractivity contribution in [3.05, 3.63) is 46.4 Å². The lowest BCUT2D eigenvalue weighted by atomic mass is 10.2. The predicted molar refractivity (Wildman–Crippen MR) is 61.5 cm³/mol. The molecule has 0 saturated heterocycles. The van der Waals surface area contributed by atoms with Gasteiger partial charge in [-0.2, -0.15) is 13.2 Å². The Labute approximate surface area is 104 Å². The largest absolute Gasteiger partial charge is 0.416 e. The number of carbonyl (C=O) groups excluding carboxylic acids is 1. The van der Waals surface area contributed by atoms with Gasteiger partial charge in [0.15, 0.2) is 0 Å². The number of carbonyl (C=O) groups is 1. The highest BCUT2D eigenvalue weighted by molar-refractivity contribution is 7.11. The number of halogens is 3. The van der Waals surface area contributed by atoms with Crippen LogP contribution in [0.5, 0.6) is 0 Å². The van der Waals surface area contributed by atoms with E-state index in [1.165, 1.54) is 23.8 Å². The molecule has 0 atom stereocenters. The smallest absolute Gasteiger partial charge is 0.321 e. The van der Waals surface area contributed by atoms with Gasteiger partial charge >= 0.3 is 6.18 Å². The van der Waals surface area contributed by atoms with Crippen molar-refractivity contribution in [3.8, 4) is 0 Å². The molecular weight excluding hydrogens is 265 g/mol. The van der Waals surface area contributed by atoms with Crippen LogP contribution >= 0.6 is 11.3 Å². The third-order valence-corrected chi connectivity index (χ3v) is 2.90. The number of benzene rings is 1. The number of nitrogens with zero attached hydrogens (tertiary/aromatic N) is 1. The molecule has 0 saturated carbocycles. The van der Waals surface area contributed by atoms with Crippen molar-refractivity contribution in [1.29, 1.82) is 0 Å². The molecule has 1 heterocycles. The number of aromatic nitrogens is 1. The highest BCUT2D eigenvalue weighted by Crippen LogP contribution is 2.29. The van der Waals surface area contributed by atoms with Crippen LogP contribution in [0.4, 0.5) is 18.9 Å². The Morgan fingerprint density at radius 3 is 2.39 bits per heavy atom. The van der Waals surface area contributed by atoms with Crippen LogP contribution in [-0.2, 0) is 6.18 Å². The van der Waals surface area contributed by atoms with Gasteiger partial charge in [0.05, 0.1) is 17.3 Å². The number of alkyl halides is 3. The molecule has 0 aliphatic rings. The van der Waals surface area contributed by atoms with Crippen molar-refractivity contribution in [1.82, 2.24) is 4.98 Å². The molecule has 0 aliphatic heterocycles. The van der Waals surface area contributed by atoms with E-state index in [-0.39, 0.29) is 0 Å². The second kappa shape index (κ2) is 4.77. The number of anilines is 1. The van der Waals surface area contributed by atoms with Crippen LogP contribution < -0.4 is 5.32 Å². The number of rotatable bonds is 2. The maximum absolute atomic E-state index is 12.3. The first-order valence-corrected chi connectivity index (χ1v) is 5.72.